The Morgan fingerprint density at radius 3 is 2.95 bits per heavy atom. The third-order valence-corrected chi connectivity index (χ3v) is 2.79. The summed E-state index contributed by atoms with van der Waals surface area (Å²) in [7, 11) is 1.55. The number of nitrogens with zero attached hydrogens (tertiary/aromatic N) is 1. The van der Waals surface area contributed by atoms with Gasteiger partial charge in [-0.25, -0.2) is 10.2 Å². The molecule has 0 unspecified atom stereocenters. The molecule has 0 aliphatic rings. The normalized spacial score (nSPS) is 10.2. The summed E-state index contributed by atoms with van der Waals surface area (Å²) in [5.74, 6) is 1.22. The van der Waals surface area contributed by atoms with Crippen LogP contribution in [0.5, 0.6) is 11.5 Å². The van der Waals surface area contributed by atoms with Crippen molar-refractivity contribution in [3.05, 3.63) is 33.9 Å². The largest absolute Gasteiger partial charge is 0.493 e. The predicted molar refractivity (Wildman–Crippen MR) is 81.7 cm³/mol. The van der Waals surface area contributed by atoms with Gasteiger partial charge in [-0.1, -0.05) is 12.7 Å². The minimum atomic E-state index is -0.719. The number of hydrogen-bond acceptors (Lipinski definition) is 4. The third-order valence-electron chi connectivity index (χ3n) is 1.99. The molecular weight excluding hydrogens is 361 g/mol. The highest BCUT2D eigenvalue weighted by Gasteiger charge is 2.10. The van der Waals surface area contributed by atoms with Crippen molar-refractivity contribution >= 4 is 34.8 Å². The summed E-state index contributed by atoms with van der Waals surface area (Å²) < 4.78 is 11.6. The summed E-state index contributed by atoms with van der Waals surface area (Å²) in [5.41, 5.74) is 7.77. The van der Waals surface area contributed by atoms with Crippen molar-refractivity contribution < 1.29 is 14.3 Å². The molecule has 0 saturated carbocycles. The molecule has 102 valence electrons. The smallest absolute Gasteiger partial charge is 0.332 e. The highest BCUT2D eigenvalue weighted by molar-refractivity contribution is 14.1. The van der Waals surface area contributed by atoms with Crippen molar-refractivity contribution in [1.82, 2.24) is 5.43 Å². The van der Waals surface area contributed by atoms with Crippen LogP contribution in [0.1, 0.15) is 5.56 Å². The van der Waals surface area contributed by atoms with Crippen LogP contribution in [0.15, 0.2) is 29.9 Å². The maximum absolute atomic E-state index is 10.5. The van der Waals surface area contributed by atoms with E-state index in [9.17, 15) is 4.79 Å². The Balaban J connectivity index is 2.98. The van der Waals surface area contributed by atoms with Crippen LogP contribution in [-0.4, -0.2) is 26.0 Å². The minimum absolute atomic E-state index is 0.392. The molecule has 3 N–H and O–H groups in total. The van der Waals surface area contributed by atoms with Crippen LogP contribution >= 0.6 is 22.6 Å². The van der Waals surface area contributed by atoms with E-state index in [-0.39, 0.29) is 0 Å². The minimum Gasteiger partial charge on any atom is -0.493 e. The van der Waals surface area contributed by atoms with Gasteiger partial charge in [-0.15, -0.1) is 0 Å². The van der Waals surface area contributed by atoms with Gasteiger partial charge in [0.05, 0.1) is 16.9 Å². The molecule has 0 heterocycles. The summed E-state index contributed by atoms with van der Waals surface area (Å²) in [6.07, 6.45) is 3.12. The summed E-state index contributed by atoms with van der Waals surface area (Å²) in [6, 6.07) is 2.87. The van der Waals surface area contributed by atoms with E-state index in [1.54, 1.807) is 19.3 Å². The summed E-state index contributed by atoms with van der Waals surface area (Å²) in [4.78, 5) is 10.5. The van der Waals surface area contributed by atoms with Gasteiger partial charge in [0.2, 0.25) is 0 Å². The first-order valence-electron chi connectivity index (χ1n) is 5.28. The molecule has 1 aromatic rings. The van der Waals surface area contributed by atoms with Crippen molar-refractivity contribution in [3.63, 3.8) is 0 Å². The van der Waals surface area contributed by atoms with Gasteiger partial charge >= 0.3 is 6.03 Å². The Morgan fingerprint density at radius 2 is 2.37 bits per heavy atom. The number of nitrogens with one attached hydrogen (secondary N) is 1. The number of ether oxygens (including phenoxy) is 2. The number of amides is 2. The van der Waals surface area contributed by atoms with Crippen molar-refractivity contribution in [3.8, 4) is 11.5 Å². The lowest BCUT2D eigenvalue weighted by molar-refractivity contribution is 0.249. The van der Waals surface area contributed by atoms with Crippen LogP contribution in [0.3, 0.4) is 0 Å². The van der Waals surface area contributed by atoms with E-state index in [1.807, 2.05) is 6.07 Å². The molecule has 0 aliphatic carbocycles. The molecule has 2 amide bonds. The average Bonchev–Trinajstić information content (AvgIpc) is 2.36. The monoisotopic (exact) mass is 375 g/mol. The van der Waals surface area contributed by atoms with E-state index in [1.165, 1.54) is 6.21 Å². The van der Waals surface area contributed by atoms with E-state index < -0.39 is 6.03 Å². The Labute approximate surface area is 124 Å². The number of carbonyl (C=O) groups excluding carboxylic acids is 1. The number of carbonyl (C=O) groups is 1. The van der Waals surface area contributed by atoms with Crippen molar-refractivity contribution in [1.29, 1.82) is 0 Å². The zero-order valence-corrected chi connectivity index (χ0v) is 12.5. The molecule has 1 aromatic carbocycles. The van der Waals surface area contributed by atoms with Crippen LogP contribution in [0, 0.1) is 3.57 Å². The SMILES string of the molecule is C=CCOc1c(I)cc(C=NNC(N)=O)cc1OC. The molecule has 0 aromatic heterocycles. The first-order valence-corrected chi connectivity index (χ1v) is 6.36. The highest BCUT2D eigenvalue weighted by atomic mass is 127. The molecule has 0 saturated heterocycles. The molecule has 0 atom stereocenters. The Kier molecular flexibility index (Phi) is 6.13. The molecule has 6 nitrogen and oxygen atoms in total. The lowest BCUT2D eigenvalue weighted by atomic mass is 10.2. The van der Waals surface area contributed by atoms with Crippen LogP contribution in [0.4, 0.5) is 4.79 Å². The number of methoxy groups -OCH3 is 1. The lowest BCUT2D eigenvalue weighted by Gasteiger charge is -2.12. The zero-order valence-electron chi connectivity index (χ0n) is 10.4. The van der Waals surface area contributed by atoms with Gasteiger partial charge in [-0.2, -0.15) is 5.10 Å². The van der Waals surface area contributed by atoms with Gasteiger partial charge in [-0.3, -0.25) is 0 Å². The summed E-state index contributed by atoms with van der Waals surface area (Å²) in [5, 5.41) is 3.68. The molecule has 7 heteroatoms. The average molecular weight is 375 g/mol. The molecule has 0 spiro atoms. The van der Waals surface area contributed by atoms with Crippen LogP contribution in [0.25, 0.3) is 0 Å². The fourth-order valence-corrected chi connectivity index (χ4v) is 2.05. The van der Waals surface area contributed by atoms with E-state index in [2.05, 4.69) is 39.7 Å². The van der Waals surface area contributed by atoms with Crippen LogP contribution in [0.2, 0.25) is 0 Å². The molecule has 0 radical (unpaired) electrons. The Bertz CT molecular complexity index is 503. The Morgan fingerprint density at radius 1 is 1.63 bits per heavy atom. The standard InChI is InChI=1S/C12H14IN3O3/c1-3-4-19-11-9(13)5-8(6-10(11)18-2)7-15-16-12(14)17/h3,5-7H,1,4H2,2H3,(H3,14,16,17). The number of rotatable bonds is 6. The van der Waals surface area contributed by atoms with E-state index in [4.69, 9.17) is 15.2 Å². The van der Waals surface area contributed by atoms with Gasteiger partial charge in [0.15, 0.2) is 11.5 Å². The fourth-order valence-electron chi connectivity index (χ4n) is 1.27. The number of halogens is 1. The van der Waals surface area contributed by atoms with Gasteiger partial charge in [0.25, 0.3) is 0 Å². The second kappa shape index (κ2) is 7.62. The maximum atomic E-state index is 10.5. The number of urea groups is 1. The van der Waals surface area contributed by atoms with Gasteiger partial charge in [0, 0.05) is 0 Å². The predicted octanol–water partition coefficient (Wildman–Crippen LogP) is 1.87. The van der Waals surface area contributed by atoms with E-state index >= 15 is 0 Å². The van der Waals surface area contributed by atoms with E-state index in [0.717, 1.165) is 9.13 Å². The number of primary amides is 1. The third kappa shape index (κ3) is 4.78. The summed E-state index contributed by atoms with van der Waals surface area (Å²) >= 11 is 2.13. The topological polar surface area (TPSA) is 85.9 Å². The number of hydrogen-bond donors (Lipinski definition) is 2. The van der Waals surface area contributed by atoms with Gasteiger partial charge < -0.3 is 15.2 Å². The number of hydrazone groups is 1. The summed E-state index contributed by atoms with van der Waals surface area (Å²) in [6.45, 7) is 3.99. The Hall–Kier alpha value is -1.77. The molecular formula is C12H14IN3O3. The first-order chi connectivity index (χ1) is 9.08. The fraction of sp³-hybridized carbons (Fsp3) is 0.167. The second-order valence-corrected chi connectivity index (χ2v) is 4.53. The number of nitrogens with two attached hydrogens (primary N) is 1. The molecule has 0 fully saturated rings. The number of benzene rings is 1. The maximum Gasteiger partial charge on any atom is 0.332 e. The van der Waals surface area contributed by atoms with Crippen LogP contribution < -0.4 is 20.6 Å². The van der Waals surface area contributed by atoms with Crippen molar-refractivity contribution in [2.24, 2.45) is 10.8 Å². The molecule has 19 heavy (non-hydrogen) atoms. The quantitative estimate of drug-likeness (QED) is 0.345. The highest BCUT2D eigenvalue weighted by Crippen LogP contribution is 2.33. The van der Waals surface area contributed by atoms with Crippen molar-refractivity contribution in [2.75, 3.05) is 13.7 Å². The van der Waals surface area contributed by atoms with Gasteiger partial charge in [0.1, 0.15) is 6.61 Å². The lowest BCUT2D eigenvalue weighted by Crippen LogP contribution is -2.24. The van der Waals surface area contributed by atoms with E-state index in [0.29, 0.717) is 18.1 Å². The molecule has 0 bridgehead atoms. The van der Waals surface area contributed by atoms with Crippen LogP contribution in [-0.2, 0) is 0 Å². The van der Waals surface area contributed by atoms with Crippen molar-refractivity contribution in [2.45, 2.75) is 0 Å². The zero-order chi connectivity index (χ0) is 14.3. The molecule has 1 rings (SSSR count). The van der Waals surface area contributed by atoms with Gasteiger partial charge in [-0.05, 0) is 40.3 Å². The first kappa shape index (κ1) is 15.3. The second-order valence-electron chi connectivity index (χ2n) is 3.37. The molecule has 0 aliphatic heterocycles.